The summed E-state index contributed by atoms with van der Waals surface area (Å²) < 4.78 is 13.1. The van der Waals surface area contributed by atoms with E-state index in [1.54, 1.807) is 24.3 Å². The summed E-state index contributed by atoms with van der Waals surface area (Å²) in [6, 6.07) is 11.1. The Morgan fingerprint density at radius 2 is 2.05 bits per heavy atom. The largest absolute Gasteiger partial charge is 0.349 e. The number of rotatable bonds is 3. The fourth-order valence-corrected chi connectivity index (χ4v) is 2.62. The first-order chi connectivity index (χ1) is 10.5. The number of anilines is 1. The Morgan fingerprint density at radius 3 is 2.82 bits per heavy atom. The van der Waals surface area contributed by atoms with Crippen LogP contribution in [0, 0.1) is 5.82 Å². The molecule has 2 aromatic carbocycles. The normalized spacial score (nSPS) is 12.3. The minimum absolute atomic E-state index is 0.217. The van der Waals surface area contributed by atoms with E-state index < -0.39 is 5.82 Å². The maximum atomic E-state index is 13.1. The Morgan fingerprint density at radius 1 is 1.27 bits per heavy atom. The summed E-state index contributed by atoms with van der Waals surface area (Å²) in [7, 11) is 0. The maximum Gasteiger partial charge on any atom is 0.260 e. The maximum absolute atomic E-state index is 13.1. The topological polar surface area (TPSA) is 57.8 Å². The molecule has 1 unspecified atom stereocenters. The van der Waals surface area contributed by atoms with Gasteiger partial charge in [0.25, 0.3) is 5.56 Å². The van der Waals surface area contributed by atoms with Crippen molar-refractivity contribution in [3.63, 3.8) is 0 Å². The molecule has 0 saturated heterocycles. The van der Waals surface area contributed by atoms with Gasteiger partial charge in [-0.15, -0.1) is 0 Å². The second-order valence-electron chi connectivity index (χ2n) is 4.96. The lowest BCUT2D eigenvalue weighted by Gasteiger charge is -2.16. The summed E-state index contributed by atoms with van der Waals surface area (Å²) in [5.41, 5.74) is 1.11. The molecule has 1 heterocycles. The minimum Gasteiger partial charge on any atom is -0.349 e. The molecule has 0 amide bonds. The molecule has 4 nitrogen and oxygen atoms in total. The highest BCUT2D eigenvalue weighted by Gasteiger charge is 2.12. The summed E-state index contributed by atoms with van der Waals surface area (Å²) in [6.07, 6.45) is 0. The van der Waals surface area contributed by atoms with Crippen LogP contribution in [0.5, 0.6) is 0 Å². The van der Waals surface area contributed by atoms with Crippen LogP contribution in [0.15, 0.2) is 47.3 Å². The van der Waals surface area contributed by atoms with Crippen LogP contribution in [-0.4, -0.2) is 9.97 Å². The molecule has 0 spiro atoms. The van der Waals surface area contributed by atoms with Crippen molar-refractivity contribution in [1.29, 1.82) is 0 Å². The highest BCUT2D eigenvalue weighted by molar-refractivity contribution is 6.31. The Balaban J connectivity index is 1.94. The van der Waals surface area contributed by atoms with Crippen molar-refractivity contribution >= 4 is 28.5 Å². The number of H-pyrrole nitrogens is 1. The van der Waals surface area contributed by atoms with Crippen molar-refractivity contribution in [1.82, 2.24) is 9.97 Å². The Bertz CT molecular complexity index is 894. The first kappa shape index (κ1) is 14.5. The molecule has 112 valence electrons. The minimum atomic E-state index is -0.391. The van der Waals surface area contributed by atoms with Gasteiger partial charge in [-0.2, -0.15) is 0 Å². The third kappa shape index (κ3) is 2.80. The summed E-state index contributed by atoms with van der Waals surface area (Å²) in [5, 5.41) is 3.93. The van der Waals surface area contributed by atoms with E-state index in [-0.39, 0.29) is 11.6 Å². The molecule has 0 aliphatic heterocycles. The predicted octanol–water partition coefficient (Wildman–Crippen LogP) is 3.89. The van der Waals surface area contributed by atoms with Gasteiger partial charge in [-0.1, -0.05) is 29.8 Å². The average molecular weight is 318 g/mol. The molecule has 3 rings (SSSR count). The molecule has 3 aromatic rings. The molecular weight excluding hydrogens is 305 g/mol. The molecule has 0 bridgehead atoms. The van der Waals surface area contributed by atoms with Gasteiger partial charge < -0.3 is 5.32 Å². The molecule has 1 atom stereocenters. The van der Waals surface area contributed by atoms with Gasteiger partial charge in [-0.05, 0) is 36.8 Å². The van der Waals surface area contributed by atoms with Crippen LogP contribution < -0.4 is 10.9 Å². The molecule has 0 saturated carbocycles. The van der Waals surface area contributed by atoms with Crippen molar-refractivity contribution in [3.8, 4) is 0 Å². The second-order valence-corrected chi connectivity index (χ2v) is 5.37. The Kier molecular flexibility index (Phi) is 3.81. The van der Waals surface area contributed by atoms with E-state index >= 15 is 0 Å². The third-order valence-corrected chi connectivity index (χ3v) is 3.72. The fraction of sp³-hybridized carbons (Fsp3) is 0.125. The number of fused-ring (bicyclic) bond motifs is 1. The molecule has 6 heteroatoms. The zero-order valence-electron chi connectivity index (χ0n) is 11.7. The lowest BCUT2D eigenvalue weighted by molar-refractivity contribution is 0.626. The van der Waals surface area contributed by atoms with E-state index in [4.69, 9.17) is 11.6 Å². The number of hydrogen-bond acceptors (Lipinski definition) is 3. The summed E-state index contributed by atoms with van der Waals surface area (Å²) in [4.78, 5) is 19.1. The Hall–Kier alpha value is -2.40. The van der Waals surface area contributed by atoms with E-state index in [0.29, 0.717) is 21.9 Å². The van der Waals surface area contributed by atoms with Gasteiger partial charge in [0.2, 0.25) is 5.95 Å². The second kappa shape index (κ2) is 5.77. The van der Waals surface area contributed by atoms with Crippen molar-refractivity contribution in [3.05, 3.63) is 69.2 Å². The van der Waals surface area contributed by atoms with E-state index in [1.165, 1.54) is 12.1 Å². The number of benzene rings is 2. The zero-order valence-corrected chi connectivity index (χ0v) is 12.5. The van der Waals surface area contributed by atoms with Crippen LogP contribution in [0.1, 0.15) is 18.5 Å². The first-order valence-corrected chi connectivity index (χ1v) is 7.13. The third-order valence-electron chi connectivity index (χ3n) is 3.40. The summed E-state index contributed by atoms with van der Waals surface area (Å²) >= 11 is 6.04. The van der Waals surface area contributed by atoms with E-state index in [9.17, 15) is 9.18 Å². The number of aromatic amines is 1. The van der Waals surface area contributed by atoms with Crippen LogP contribution in [0.4, 0.5) is 10.3 Å². The smallest absolute Gasteiger partial charge is 0.260 e. The van der Waals surface area contributed by atoms with Gasteiger partial charge in [0.05, 0.1) is 16.9 Å². The van der Waals surface area contributed by atoms with E-state index in [2.05, 4.69) is 15.3 Å². The van der Waals surface area contributed by atoms with Crippen molar-refractivity contribution in [2.75, 3.05) is 5.32 Å². The Labute approximate surface area is 131 Å². The van der Waals surface area contributed by atoms with Crippen LogP contribution >= 0.6 is 11.6 Å². The van der Waals surface area contributed by atoms with Crippen LogP contribution in [0.25, 0.3) is 10.9 Å². The number of nitrogens with one attached hydrogen (secondary N) is 2. The number of halogens is 2. The number of para-hydroxylation sites is 1. The molecule has 0 aliphatic carbocycles. The first-order valence-electron chi connectivity index (χ1n) is 6.75. The zero-order chi connectivity index (χ0) is 15.7. The SMILES string of the molecule is CC(Nc1nc2ccccc2c(=O)[nH]1)c1ccc(F)cc1Cl. The van der Waals surface area contributed by atoms with Crippen LogP contribution in [0.3, 0.4) is 0 Å². The lowest BCUT2D eigenvalue weighted by Crippen LogP contribution is -2.15. The van der Waals surface area contributed by atoms with Gasteiger partial charge in [0.15, 0.2) is 0 Å². The lowest BCUT2D eigenvalue weighted by atomic mass is 10.1. The van der Waals surface area contributed by atoms with Gasteiger partial charge in [0.1, 0.15) is 5.82 Å². The van der Waals surface area contributed by atoms with E-state index in [1.807, 2.05) is 13.0 Å². The standard InChI is InChI=1S/C16H13ClFN3O/c1-9(11-7-6-10(18)8-13(11)17)19-16-20-14-5-3-2-4-12(14)15(22)21-16/h2-9H,1H3,(H2,19,20,21,22). The van der Waals surface area contributed by atoms with Gasteiger partial charge in [-0.25, -0.2) is 9.37 Å². The van der Waals surface area contributed by atoms with Gasteiger partial charge >= 0.3 is 0 Å². The highest BCUT2D eigenvalue weighted by atomic mass is 35.5. The molecule has 1 aromatic heterocycles. The molecule has 0 radical (unpaired) electrons. The molecule has 0 aliphatic rings. The monoisotopic (exact) mass is 317 g/mol. The molecule has 2 N–H and O–H groups in total. The van der Waals surface area contributed by atoms with Gasteiger partial charge in [0, 0.05) is 5.02 Å². The van der Waals surface area contributed by atoms with Gasteiger partial charge in [-0.3, -0.25) is 9.78 Å². The van der Waals surface area contributed by atoms with Crippen molar-refractivity contribution in [2.24, 2.45) is 0 Å². The quantitative estimate of drug-likeness (QED) is 0.770. The highest BCUT2D eigenvalue weighted by Crippen LogP contribution is 2.25. The van der Waals surface area contributed by atoms with Crippen LogP contribution in [-0.2, 0) is 0 Å². The number of aromatic nitrogens is 2. The molecular formula is C16H13ClFN3O. The fourth-order valence-electron chi connectivity index (χ4n) is 2.29. The number of nitrogens with zero attached hydrogens (tertiary/aromatic N) is 1. The average Bonchev–Trinajstić information content (AvgIpc) is 2.47. The molecule has 22 heavy (non-hydrogen) atoms. The summed E-state index contributed by atoms with van der Waals surface area (Å²) in [6.45, 7) is 1.86. The molecule has 0 fully saturated rings. The number of hydrogen-bond donors (Lipinski definition) is 2. The van der Waals surface area contributed by atoms with E-state index in [0.717, 1.165) is 5.56 Å². The van der Waals surface area contributed by atoms with Crippen molar-refractivity contribution < 1.29 is 4.39 Å². The predicted molar refractivity (Wildman–Crippen MR) is 85.8 cm³/mol. The van der Waals surface area contributed by atoms with Crippen molar-refractivity contribution in [2.45, 2.75) is 13.0 Å². The van der Waals surface area contributed by atoms with Crippen LogP contribution in [0.2, 0.25) is 5.02 Å². The summed E-state index contributed by atoms with van der Waals surface area (Å²) in [5.74, 6) is -0.0465.